The van der Waals surface area contributed by atoms with Crippen LogP contribution in [-0.4, -0.2) is 26.9 Å². The molecule has 84 valence electrons. The maximum atomic E-state index is 11.5. The molecule has 4 nitrogen and oxygen atoms in total. The Morgan fingerprint density at radius 3 is 2.94 bits per heavy atom. The van der Waals surface area contributed by atoms with Crippen LogP contribution in [0.2, 0.25) is 0 Å². The summed E-state index contributed by atoms with van der Waals surface area (Å²) in [5, 5.41) is 14.0. The highest BCUT2D eigenvalue weighted by molar-refractivity contribution is 6.18. The van der Waals surface area contributed by atoms with Gasteiger partial charge in [0.05, 0.1) is 30.2 Å². The number of benzene rings is 1. The summed E-state index contributed by atoms with van der Waals surface area (Å²) >= 11 is 5.53. The number of aromatic nitrogens is 2. The van der Waals surface area contributed by atoms with E-state index >= 15 is 0 Å². The third-order valence-electron chi connectivity index (χ3n) is 2.32. The zero-order valence-corrected chi connectivity index (χ0v) is 9.26. The Morgan fingerprint density at radius 1 is 1.44 bits per heavy atom. The lowest BCUT2D eigenvalue weighted by Gasteiger charge is -2.11. The van der Waals surface area contributed by atoms with Crippen molar-refractivity contribution < 1.29 is 5.11 Å². The molecule has 5 heteroatoms. The molecular weight excluding hydrogens is 228 g/mol. The molecule has 16 heavy (non-hydrogen) atoms. The maximum Gasteiger partial charge on any atom is 0.207 e. The summed E-state index contributed by atoms with van der Waals surface area (Å²) in [7, 11) is 0. The summed E-state index contributed by atoms with van der Waals surface area (Å²) in [6, 6.07) is 7.16. The molecule has 0 aliphatic rings. The lowest BCUT2D eigenvalue weighted by atomic mass is 10.2. The van der Waals surface area contributed by atoms with Crippen molar-refractivity contribution in [3.63, 3.8) is 0 Å². The first-order chi connectivity index (χ1) is 7.72. The van der Waals surface area contributed by atoms with Gasteiger partial charge < -0.3 is 5.11 Å². The molecule has 1 N–H and O–H groups in total. The molecule has 0 saturated carbocycles. The van der Waals surface area contributed by atoms with E-state index in [0.717, 1.165) is 0 Å². The van der Waals surface area contributed by atoms with Gasteiger partial charge in [0.2, 0.25) is 5.43 Å². The van der Waals surface area contributed by atoms with E-state index in [1.807, 2.05) is 6.07 Å². The van der Waals surface area contributed by atoms with Gasteiger partial charge in [-0.2, -0.15) is 5.10 Å². The van der Waals surface area contributed by atoms with Crippen LogP contribution >= 0.6 is 11.6 Å². The smallest absolute Gasteiger partial charge is 0.207 e. The quantitative estimate of drug-likeness (QED) is 0.812. The van der Waals surface area contributed by atoms with Crippen molar-refractivity contribution in [1.29, 1.82) is 0 Å². The highest BCUT2D eigenvalue weighted by atomic mass is 35.5. The summed E-state index contributed by atoms with van der Waals surface area (Å²) in [5.74, 6) is 0.141. The number of aliphatic hydroxyl groups is 1. The molecule has 0 aliphatic heterocycles. The predicted octanol–water partition coefficient (Wildman–Crippen LogP) is 0.996. The zero-order valence-electron chi connectivity index (χ0n) is 8.51. The number of para-hydroxylation sites is 1. The highest BCUT2D eigenvalue weighted by Crippen LogP contribution is 2.08. The van der Waals surface area contributed by atoms with Gasteiger partial charge in [-0.3, -0.25) is 9.48 Å². The van der Waals surface area contributed by atoms with Gasteiger partial charge in [0.1, 0.15) is 0 Å². The number of hydrogen-bond donors (Lipinski definition) is 1. The van der Waals surface area contributed by atoms with E-state index in [2.05, 4.69) is 5.10 Å². The van der Waals surface area contributed by atoms with Crippen LogP contribution in [-0.2, 0) is 6.54 Å². The minimum absolute atomic E-state index is 0.118. The van der Waals surface area contributed by atoms with Crippen molar-refractivity contribution in [2.45, 2.75) is 12.6 Å². The zero-order chi connectivity index (χ0) is 11.5. The van der Waals surface area contributed by atoms with Gasteiger partial charge in [-0.15, -0.1) is 11.6 Å². The van der Waals surface area contributed by atoms with E-state index in [0.29, 0.717) is 10.9 Å². The van der Waals surface area contributed by atoms with Gasteiger partial charge in [0.15, 0.2) is 0 Å². The Balaban J connectivity index is 2.54. The second-order valence-electron chi connectivity index (χ2n) is 3.52. The van der Waals surface area contributed by atoms with Crippen LogP contribution in [0.1, 0.15) is 0 Å². The largest absolute Gasteiger partial charge is 0.390 e. The number of fused-ring (bicyclic) bond motifs is 1. The molecule has 0 bridgehead atoms. The second-order valence-corrected chi connectivity index (χ2v) is 3.82. The van der Waals surface area contributed by atoms with Crippen LogP contribution in [0, 0.1) is 0 Å². The number of hydrogen-bond acceptors (Lipinski definition) is 3. The van der Waals surface area contributed by atoms with E-state index in [-0.39, 0.29) is 17.9 Å². The van der Waals surface area contributed by atoms with Crippen molar-refractivity contribution in [2.75, 3.05) is 5.88 Å². The lowest BCUT2D eigenvalue weighted by Crippen LogP contribution is -2.21. The molecule has 2 rings (SSSR count). The molecule has 0 aliphatic carbocycles. The topological polar surface area (TPSA) is 55.1 Å². The Bertz CT molecular complexity index is 553. The van der Waals surface area contributed by atoms with E-state index in [4.69, 9.17) is 11.6 Å². The fraction of sp³-hybridized carbons (Fsp3) is 0.273. The predicted molar refractivity (Wildman–Crippen MR) is 62.7 cm³/mol. The first-order valence-electron chi connectivity index (χ1n) is 4.91. The van der Waals surface area contributed by atoms with E-state index < -0.39 is 6.10 Å². The molecule has 2 aromatic rings. The Labute approximate surface area is 97.1 Å². The van der Waals surface area contributed by atoms with Crippen molar-refractivity contribution in [1.82, 2.24) is 9.78 Å². The molecule has 1 heterocycles. The normalized spacial score (nSPS) is 12.9. The molecule has 1 aromatic heterocycles. The summed E-state index contributed by atoms with van der Waals surface area (Å²) in [5.41, 5.74) is 0.589. The Hall–Kier alpha value is -1.39. The van der Waals surface area contributed by atoms with Gasteiger partial charge in [-0.05, 0) is 12.1 Å². The number of nitrogens with zero attached hydrogens (tertiary/aromatic N) is 2. The van der Waals surface area contributed by atoms with Crippen LogP contribution in [0.25, 0.3) is 10.9 Å². The van der Waals surface area contributed by atoms with Crippen molar-refractivity contribution >= 4 is 22.5 Å². The number of halogens is 1. The van der Waals surface area contributed by atoms with Crippen molar-refractivity contribution in [3.8, 4) is 0 Å². The van der Waals surface area contributed by atoms with Gasteiger partial charge in [-0.25, -0.2) is 0 Å². The minimum Gasteiger partial charge on any atom is -0.390 e. The maximum absolute atomic E-state index is 11.5. The standard InChI is InChI=1S/C11H11ClN2O2/c12-5-8(15)7-14-10-4-2-1-3-9(10)11(16)6-13-14/h1-4,6,8,15H,5,7H2. The van der Waals surface area contributed by atoms with Crippen molar-refractivity contribution in [2.24, 2.45) is 0 Å². The molecule has 0 radical (unpaired) electrons. The van der Waals surface area contributed by atoms with Gasteiger partial charge >= 0.3 is 0 Å². The third-order valence-corrected chi connectivity index (χ3v) is 2.68. The first kappa shape index (κ1) is 11.1. The molecule has 1 unspecified atom stereocenters. The molecule has 0 spiro atoms. The fourth-order valence-corrected chi connectivity index (χ4v) is 1.65. The average molecular weight is 239 g/mol. The van der Waals surface area contributed by atoms with E-state index in [1.165, 1.54) is 6.20 Å². The number of aliphatic hydroxyl groups excluding tert-OH is 1. The lowest BCUT2D eigenvalue weighted by molar-refractivity contribution is 0.173. The molecule has 1 aromatic carbocycles. The number of alkyl halides is 1. The first-order valence-corrected chi connectivity index (χ1v) is 5.44. The Kier molecular flexibility index (Phi) is 3.22. The van der Waals surface area contributed by atoms with Crippen LogP contribution < -0.4 is 5.43 Å². The number of rotatable bonds is 3. The third kappa shape index (κ3) is 2.08. The van der Waals surface area contributed by atoms with Gasteiger partial charge in [0.25, 0.3) is 0 Å². The van der Waals surface area contributed by atoms with E-state index in [9.17, 15) is 9.90 Å². The van der Waals surface area contributed by atoms with Gasteiger partial charge in [-0.1, -0.05) is 12.1 Å². The summed E-state index contributed by atoms with van der Waals surface area (Å²) in [6.07, 6.45) is 0.587. The van der Waals surface area contributed by atoms with Crippen LogP contribution in [0.4, 0.5) is 0 Å². The van der Waals surface area contributed by atoms with Crippen molar-refractivity contribution in [3.05, 3.63) is 40.7 Å². The minimum atomic E-state index is -0.667. The monoisotopic (exact) mass is 238 g/mol. The summed E-state index contributed by atoms with van der Waals surface area (Å²) in [4.78, 5) is 11.5. The van der Waals surface area contributed by atoms with Crippen LogP contribution in [0.15, 0.2) is 35.3 Å². The average Bonchev–Trinajstić information content (AvgIpc) is 2.33. The fourth-order valence-electron chi connectivity index (χ4n) is 1.55. The molecule has 0 saturated heterocycles. The van der Waals surface area contributed by atoms with Crippen LogP contribution in [0.3, 0.4) is 0 Å². The van der Waals surface area contributed by atoms with Gasteiger partial charge in [0, 0.05) is 5.39 Å². The molecule has 1 atom stereocenters. The molecular formula is C11H11ClN2O2. The van der Waals surface area contributed by atoms with E-state index in [1.54, 1.807) is 22.9 Å². The summed E-state index contributed by atoms with van der Waals surface area (Å²) in [6.45, 7) is 0.282. The van der Waals surface area contributed by atoms with Crippen LogP contribution in [0.5, 0.6) is 0 Å². The SMILES string of the molecule is O=c1cnn(CC(O)CCl)c2ccccc12. The Morgan fingerprint density at radius 2 is 2.19 bits per heavy atom. The molecule has 0 fully saturated rings. The second kappa shape index (κ2) is 4.63. The highest BCUT2D eigenvalue weighted by Gasteiger charge is 2.07. The summed E-state index contributed by atoms with van der Waals surface area (Å²) < 4.78 is 1.59. The molecule has 0 amide bonds.